The minimum atomic E-state index is 0.114. The van der Waals surface area contributed by atoms with Crippen LogP contribution in [0.25, 0.3) is 0 Å². The third kappa shape index (κ3) is 2.46. The Kier molecular flexibility index (Phi) is 3.82. The molecule has 0 saturated heterocycles. The lowest BCUT2D eigenvalue weighted by Gasteiger charge is -2.06. The maximum atomic E-state index is 9.50. The summed E-state index contributed by atoms with van der Waals surface area (Å²) in [5.41, 5.74) is 4.68. The zero-order valence-corrected chi connectivity index (χ0v) is 11.2. The smallest absolute Gasteiger partial charge is 0.0702 e. The highest BCUT2D eigenvalue weighted by Gasteiger charge is 2.14. The molecule has 3 nitrogen and oxygen atoms in total. The topological polar surface area (TPSA) is 38.0 Å². The summed E-state index contributed by atoms with van der Waals surface area (Å²) in [4.78, 5) is 4.03. The second-order valence-corrected chi connectivity index (χ2v) is 4.94. The third-order valence-corrected chi connectivity index (χ3v) is 3.39. The molecule has 2 aromatic heterocycles. The van der Waals surface area contributed by atoms with Gasteiger partial charge < -0.3 is 9.67 Å². The molecule has 2 heterocycles. The van der Waals surface area contributed by atoms with E-state index in [1.807, 2.05) is 24.5 Å². The minimum absolute atomic E-state index is 0.114. The molecule has 0 radical (unpaired) electrons. The van der Waals surface area contributed by atoms with Gasteiger partial charge in [0.05, 0.1) is 6.61 Å². The molecule has 0 atom stereocenters. The Morgan fingerprint density at radius 1 is 1.28 bits per heavy atom. The molecule has 0 aliphatic carbocycles. The minimum Gasteiger partial charge on any atom is -0.392 e. The number of hydrogen-bond donors (Lipinski definition) is 1. The number of aromatic nitrogens is 2. The van der Waals surface area contributed by atoms with E-state index in [4.69, 9.17) is 0 Å². The van der Waals surface area contributed by atoms with Crippen molar-refractivity contribution in [2.75, 3.05) is 0 Å². The van der Waals surface area contributed by atoms with Gasteiger partial charge in [0, 0.05) is 36.4 Å². The van der Waals surface area contributed by atoms with Gasteiger partial charge in [-0.3, -0.25) is 4.98 Å². The van der Waals surface area contributed by atoms with Crippen molar-refractivity contribution in [1.82, 2.24) is 9.55 Å². The van der Waals surface area contributed by atoms with Crippen LogP contribution in [0.15, 0.2) is 30.7 Å². The van der Waals surface area contributed by atoms with Gasteiger partial charge >= 0.3 is 0 Å². The van der Waals surface area contributed by atoms with Gasteiger partial charge in [0.1, 0.15) is 0 Å². The SMILES string of the molecule is Cc1c(CO)c(C(C)C)cn1Cc1ccncc1. The Hall–Kier alpha value is -1.61. The summed E-state index contributed by atoms with van der Waals surface area (Å²) in [6.45, 7) is 7.32. The number of aliphatic hydroxyl groups is 1. The van der Waals surface area contributed by atoms with Crippen molar-refractivity contribution in [2.24, 2.45) is 0 Å². The van der Waals surface area contributed by atoms with Gasteiger partial charge in [-0.25, -0.2) is 0 Å². The fraction of sp³-hybridized carbons (Fsp3) is 0.400. The molecule has 0 bridgehead atoms. The summed E-state index contributed by atoms with van der Waals surface area (Å²) in [6.07, 6.45) is 5.78. The summed E-state index contributed by atoms with van der Waals surface area (Å²) >= 11 is 0. The van der Waals surface area contributed by atoms with Crippen LogP contribution in [0.3, 0.4) is 0 Å². The number of nitrogens with zero attached hydrogens (tertiary/aromatic N) is 2. The molecular weight excluding hydrogens is 224 g/mol. The molecule has 0 aliphatic rings. The normalized spacial score (nSPS) is 11.2. The van der Waals surface area contributed by atoms with E-state index >= 15 is 0 Å². The first kappa shape index (κ1) is 12.8. The zero-order chi connectivity index (χ0) is 13.1. The summed E-state index contributed by atoms with van der Waals surface area (Å²) in [5, 5.41) is 9.50. The largest absolute Gasteiger partial charge is 0.392 e. The fourth-order valence-electron chi connectivity index (χ4n) is 2.28. The van der Waals surface area contributed by atoms with Crippen molar-refractivity contribution in [1.29, 1.82) is 0 Å². The van der Waals surface area contributed by atoms with Crippen LogP contribution in [-0.4, -0.2) is 14.7 Å². The van der Waals surface area contributed by atoms with Crippen molar-refractivity contribution in [3.63, 3.8) is 0 Å². The van der Waals surface area contributed by atoms with Crippen LogP contribution in [0.5, 0.6) is 0 Å². The molecule has 96 valence electrons. The van der Waals surface area contributed by atoms with Gasteiger partial charge in [0.25, 0.3) is 0 Å². The Labute approximate surface area is 108 Å². The molecule has 0 unspecified atom stereocenters. The average molecular weight is 244 g/mol. The van der Waals surface area contributed by atoms with E-state index in [1.165, 1.54) is 11.1 Å². The van der Waals surface area contributed by atoms with E-state index < -0.39 is 0 Å². The highest BCUT2D eigenvalue weighted by atomic mass is 16.3. The number of pyridine rings is 1. The van der Waals surface area contributed by atoms with Gasteiger partial charge in [-0.1, -0.05) is 13.8 Å². The zero-order valence-electron chi connectivity index (χ0n) is 11.2. The van der Waals surface area contributed by atoms with Crippen molar-refractivity contribution in [2.45, 2.75) is 39.8 Å². The van der Waals surface area contributed by atoms with E-state index in [2.05, 4.69) is 36.5 Å². The van der Waals surface area contributed by atoms with Gasteiger partial charge in [-0.15, -0.1) is 0 Å². The van der Waals surface area contributed by atoms with Gasteiger partial charge in [-0.05, 0) is 36.1 Å². The second-order valence-electron chi connectivity index (χ2n) is 4.94. The van der Waals surface area contributed by atoms with Gasteiger partial charge in [0.2, 0.25) is 0 Å². The first-order valence-electron chi connectivity index (χ1n) is 6.31. The Bertz CT molecular complexity index is 515. The van der Waals surface area contributed by atoms with Crippen molar-refractivity contribution in [3.05, 3.63) is 53.1 Å². The van der Waals surface area contributed by atoms with E-state index in [1.54, 1.807) is 0 Å². The van der Waals surface area contributed by atoms with E-state index in [9.17, 15) is 5.11 Å². The van der Waals surface area contributed by atoms with Crippen LogP contribution in [-0.2, 0) is 13.2 Å². The Balaban J connectivity index is 2.34. The molecule has 0 aliphatic heterocycles. The predicted molar refractivity (Wildman–Crippen MR) is 72.5 cm³/mol. The average Bonchev–Trinajstić information content (AvgIpc) is 2.68. The maximum Gasteiger partial charge on any atom is 0.0702 e. The molecule has 0 fully saturated rings. The van der Waals surface area contributed by atoms with Crippen LogP contribution in [0, 0.1) is 6.92 Å². The predicted octanol–water partition coefficient (Wildman–Crippen LogP) is 2.86. The molecule has 0 spiro atoms. The summed E-state index contributed by atoms with van der Waals surface area (Å²) < 4.78 is 2.20. The number of rotatable bonds is 4. The quantitative estimate of drug-likeness (QED) is 0.898. The Morgan fingerprint density at radius 2 is 1.94 bits per heavy atom. The van der Waals surface area contributed by atoms with E-state index in [0.717, 1.165) is 17.8 Å². The van der Waals surface area contributed by atoms with Crippen LogP contribution in [0.2, 0.25) is 0 Å². The van der Waals surface area contributed by atoms with Crippen LogP contribution >= 0.6 is 0 Å². The number of aliphatic hydroxyl groups excluding tert-OH is 1. The molecule has 0 amide bonds. The second kappa shape index (κ2) is 5.36. The highest BCUT2D eigenvalue weighted by molar-refractivity contribution is 5.34. The maximum absolute atomic E-state index is 9.50. The first-order valence-corrected chi connectivity index (χ1v) is 6.31. The molecule has 2 aromatic rings. The number of hydrogen-bond acceptors (Lipinski definition) is 2. The Morgan fingerprint density at radius 3 is 2.44 bits per heavy atom. The lowest BCUT2D eigenvalue weighted by molar-refractivity contribution is 0.279. The molecule has 3 heteroatoms. The summed E-state index contributed by atoms with van der Waals surface area (Å²) in [5.74, 6) is 0.435. The van der Waals surface area contributed by atoms with E-state index in [-0.39, 0.29) is 6.61 Å². The first-order chi connectivity index (χ1) is 8.63. The van der Waals surface area contributed by atoms with Crippen molar-refractivity contribution >= 4 is 0 Å². The van der Waals surface area contributed by atoms with Crippen molar-refractivity contribution < 1.29 is 5.11 Å². The van der Waals surface area contributed by atoms with Crippen molar-refractivity contribution in [3.8, 4) is 0 Å². The molecule has 0 saturated carbocycles. The highest BCUT2D eigenvalue weighted by Crippen LogP contribution is 2.25. The lowest BCUT2D eigenvalue weighted by atomic mass is 10.0. The summed E-state index contributed by atoms with van der Waals surface area (Å²) in [6, 6.07) is 4.04. The monoisotopic (exact) mass is 244 g/mol. The lowest BCUT2D eigenvalue weighted by Crippen LogP contribution is -2.01. The van der Waals surface area contributed by atoms with Gasteiger partial charge in [0.15, 0.2) is 0 Å². The van der Waals surface area contributed by atoms with Crippen LogP contribution in [0.4, 0.5) is 0 Å². The molecule has 18 heavy (non-hydrogen) atoms. The molecule has 0 aromatic carbocycles. The van der Waals surface area contributed by atoms with E-state index in [0.29, 0.717) is 5.92 Å². The molecule has 1 N–H and O–H groups in total. The standard InChI is InChI=1S/C15H20N2O/c1-11(2)14-9-17(12(3)15(14)10-18)8-13-4-6-16-7-5-13/h4-7,9,11,18H,8,10H2,1-3H3. The fourth-order valence-corrected chi connectivity index (χ4v) is 2.28. The molecular formula is C15H20N2O. The molecule has 2 rings (SSSR count). The van der Waals surface area contributed by atoms with Crippen LogP contribution < -0.4 is 0 Å². The van der Waals surface area contributed by atoms with Gasteiger partial charge in [-0.2, -0.15) is 0 Å². The van der Waals surface area contributed by atoms with Crippen LogP contribution in [0.1, 0.15) is 42.1 Å². The third-order valence-electron chi connectivity index (χ3n) is 3.39. The summed E-state index contributed by atoms with van der Waals surface area (Å²) in [7, 11) is 0.